The Labute approximate surface area is 101 Å². The minimum atomic E-state index is 0.221. The van der Waals surface area contributed by atoms with Gasteiger partial charge in [0.25, 0.3) is 0 Å². The summed E-state index contributed by atoms with van der Waals surface area (Å²) >= 11 is 6.18. The zero-order chi connectivity index (χ0) is 11.4. The van der Waals surface area contributed by atoms with Crippen LogP contribution in [0.25, 0.3) is 0 Å². The van der Waals surface area contributed by atoms with Gasteiger partial charge in [-0.1, -0.05) is 23.7 Å². The number of halogens is 1. The first-order valence-corrected chi connectivity index (χ1v) is 5.79. The summed E-state index contributed by atoms with van der Waals surface area (Å²) in [5, 5.41) is 12.9. The van der Waals surface area contributed by atoms with Crippen LogP contribution < -0.4 is 10.2 Å². The van der Waals surface area contributed by atoms with Crippen LogP contribution in [-0.4, -0.2) is 25.7 Å². The molecule has 0 radical (unpaired) electrons. The maximum absolute atomic E-state index is 8.82. The molecule has 1 N–H and O–H groups in total. The minimum Gasteiger partial charge on any atom is -0.364 e. The van der Waals surface area contributed by atoms with Crippen LogP contribution in [0.5, 0.6) is 0 Å². The van der Waals surface area contributed by atoms with Gasteiger partial charge in [0.1, 0.15) is 0 Å². The lowest BCUT2D eigenvalue weighted by Crippen LogP contribution is -2.51. The van der Waals surface area contributed by atoms with Crippen molar-refractivity contribution in [1.29, 1.82) is 5.26 Å². The Morgan fingerprint density at radius 3 is 3.06 bits per heavy atom. The Hall–Kier alpha value is -1.24. The molecule has 1 atom stereocenters. The summed E-state index contributed by atoms with van der Waals surface area (Å²) in [5.74, 6) is 0. The lowest BCUT2D eigenvalue weighted by molar-refractivity contribution is 0.481. The van der Waals surface area contributed by atoms with Gasteiger partial charge in [0, 0.05) is 19.6 Å². The van der Waals surface area contributed by atoms with E-state index in [1.165, 1.54) is 0 Å². The van der Waals surface area contributed by atoms with E-state index in [0.29, 0.717) is 6.42 Å². The normalized spacial score (nSPS) is 20.5. The third-order valence-corrected chi connectivity index (χ3v) is 3.16. The molecule has 1 aromatic carbocycles. The maximum Gasteiger partial charge on any atom is 0.0643 e. The lowest BCUT2D eigenvalue weighted by Gasteiger charge is -2.37. The highest BCUT2D eigenvalue weighted by Gasteiger charge is 2.23. The second-order valence-electron chi connectivity index (χ2n) is 3.86. The first-order valence-electron chi connectivity index (χ1n) is 5.42. The van der Waals surface area contributed by atoms with Gasteiger partial charge in [-0.05, 0) is 12.1 Å². The van der Waals surface area contributed by atoms with Gasteiger partial charge in [-0.2, -0.15) is 5.26 Å². The molecule has 0 saturated carbocycles. The van der Waals surface area contributed by atoms with Gasteiger partial charge < -0.3 is 10.2 Å². The largest absolute Gasteiger partial charge is 0.364 e. The molecule has 4 heteroatoms. The lowest BCUT2D eigenvalue weighted by atomic mass is 10.1. The summed E-state index contributed by atoms with van der Waals surface area (Å²) in [7, 11) is 0. The molecule has 16 heavy (non-hydrogen) atoms. The number of piperazine rings is 1. The molecular weight excluding hydrogens is 222 g/mol. The van der Waals surface area contributed by atoms with Crippen LogP contribution in [0.4, 0.5) is 5.69 Å². The number of hydrogen-bond acceptors (Lipinski definition) is 3. The van der Waals surface area contributed by atoms with Crippen LogP contribution in [-0.2, 0) is 0 Å². The molecular formula is C12H14ClN3. The quantitative estimate of drug-likeness (QED) is 0.853. The summed E-state index contributed by atoms with van der Waals surface area (Å²) in [6, 6.07) is 10.3. The zero-order valence-corrected chi connectivity index (χ0v) is 9.74. The molecule has 3 nitrogen and oxygen atoms in total. The maximum atomic E-state index is 8.82. The number of hydrogen-bond donors (Lipinski definition) is 1. The summed E-state index contributed by atoms with van der Waals surface area (Å²) in [6.45, 7) is 2.68. The van der Waals surface area contributed by atoms with Gasteiger partial charge in [0.2, 0.25) is 0 Å². The van der Waals surface area contributed by atoms with Gasteiger partial charge in [0.15, 0.2) is 0 Å². The molecule has 1 aliphatic heterocycles. The molecule has 0 amide bonds. The third-order valence-electron chi connectivity index (χ3n) is 2.84. The number of nitriles is 1. The predicted octanol–water partition coefficient (Wildman–Crippen LogP) is 2.03. The molecule has 1 aromatic rings. The van der Waals surface area contributed by atoms with Crippen molar-refractivity contribution in [2.45, 2.75) is 12.5 Å². The number of nitrogens with zero attached hydrogens (tertiary/aromatic N) is 2. The summed E-state index contributed by atoms with van der Waals surface area (Å²) in [6.07, 6.45) is 0.526. The van der Waals surface area contributed by atoms with Gasteiger partial charge in [-0.25, -0.2) is 0 Å². The molecule has 1 aliphatic rings. The van der Waals surface area contributed by atoms with Crippen molar-refractivity contribution in [2.75, 3.05) is 24.5 Å². The molecule has 1 fully saturated rings. The summed E-state index contributed by atoms with van der Waals surface area (Å²) in [5.41, 5.74) is 1.03. The average Bonchev–Trinajstić information content (AvgIpc) is 2.31. The SMILES string of the molecule is N#CCC1CNCCN1c1ccccc1Cl. The number of benzene rings is 1. The van der Waals surface area contributed by atoms with E-state index >= 15 is 0 Å². The first-order chi connectivity index (χ1) is 7.83. The van der Waals surface area contributed by atoms with E-state index in [4.69, 9.17) is 16.9 Å². The molecule has 0 bridgehead atoms. The van der Waals surface area contributed by atoms with Crippen LogP contribution in [0.15, 0.2) is 24.3 Å². The average molecular weight is 236 g/mol. The Morgan fingerprint density at radius 2 is 2.31 bits per heavy atom. The van der Waals surface area contributed by atoms with E-state index in [1.807, 2.05) is 24.3 Å². The Balaban J connectivity index is 2.24. The van der Waals surface area contributed by atoms with Crippen LogP contribution in [0.2, 0.25) is 5.02 Å². The van der Waals surface area contributed by atoms with Crippen molar-refractivity contribution < 1.29 is 0 Å². The van der Waals surface area contributed by atoms with Crippen molar-refractivity contribution in [2.24, 2.45) is 0 Å². The fourth-order valence-electron chi connectivity index (χ4n) is 2.05. The number of anilines is 1. The Kier molecular flexibility index (Phi) is 3.66. The number of para-hydroxylation sites is 1. The van der Waals surface area contributed by atoms with Crippen molar-refractivity contribution in [3.05, 3.63) is 29.3 Å². The first kappa shape index (κ1) is 11.3. The van der Waals surface area contributed by atoms with Gasteiger partial charge in [0.05, 0.1) is 29.2 Å². The third kappa shape index (κ3) is 2.29. The highest BCUT2D eigenvalue weighted by atomic mass is 35.5. The molecule has 0 aromatic heterocycles. The molecule has 1 unspecified atom stereocenters. The molecule has 1 saturated heterocycles. The summed E-state index contributed by atoms with van der Waals surface area (Å²) < 4.78 is 0. The van der Waals surface area contributed by atoms with Crippen LogP contribution >= 0.6 is 11.6 Å². The van der Waals surface area contributed by atoms with E-state index < -0.39 is 0 Å². The molecule has 0 spiro atoms. The minimum absolute atomic E-state index is 0.221. The summed E-state index contributed by atoms with van der Waals surface area (Å²) in [4.78, 5) is 2.22. The van der Waals surface area contributed by atoms with Crippen LogP contribution in [0, 0.1) is 11.3 Å². The van der Waals surface area contributed by atoms with Crippen molar-refractivity contribution in [3.8, 4) is 6.07 Å². The molecule has 2 rings (SSSR count). The second kappa shape index (κ2) is 5.20. The van der Waals surface area contributed by atoms with Gasteiger partial charge >= 0.3 is 0 Å². The van der Waals surface area contributed by atoms with Crippen molar-refractivity contribution in [1.82, 2.24) is 5.32 Å². The monoisotopic (exact) mass is 235 g/mol. The van der Waals surface area contributed by atoms with E-state index in [-0.39, 0.29) is 6.04 Å². The van der Waals surface area contributed by atoms with E-state index in [1.54, 1.807) is 0 Å². The standard InChI is InChI=1S/C12H14ClN3/c13-11-3-1-2-4-12(11)16-8-7-15-9-10(16)5-6-14/h1-4,10,15H,5,7-9H2. The smallest absolute Gasteiger partial charge is 0.0643 e. The Bertz CT molecular complexity index is 399. The zero-order valence-electron chi connectivity index (χ0n) is 8.99. The fraction of sp³-hybridized carbons (Fsp3) is 0.417. The molecule has 0 aliphatic carbocycles. The van der Waals surface area contributed by atoms with Crippen molar-refractivity contribution >= 4 is 17.3 Å². The molecule has 1 heterocycles. The predicted molar refractivity (Wildman–Crippen MR) is 65.7 cm³/mol. The molecule has 84 valence electrons. The van der Waals surface area contributed by atoms with E-state index in [9.17, 15) is 0 Å². The van der Waals surface area contributed by atoms with Crippen LogP contribution in [0.1, 0.15) is 6.42 Å². The van der Waals surface area contributed by atoms with E-state index in [2.05, 4.69) is 16.3 Å². The van der Waals surface area contributed by atoms with Gasteiger partial charge in [-0.15, -0.1) is 0 Å². The highest BCUT2D eigenvalue weighted by molar-refractivity contribution is 6.33. The van der Waals surface area contributed by atoms with E-state index in [0.717, 1.165) is 30.3 Å². The second-order valence-corrected chi connectivity index (χ2v) is 4.27. The van der Waals surface area contributed by atoms with Gasteiger partial charge in [-0.3, -0.25) is 0 Å². The fourth-order valence-corrected chi connectivity index (χ4v) is 2.29. The highest BCUT2D eigenvalue weighted by Crippen LogP contribution is 2.28. The Morgan fingerprint density at radius 1 is 1.50 bits per heavy atom. The number of rotatable bonds is 2. The number of nitrogens with one attached hydrogen (secondary N) is 1. The topological polar surface area (TPSA) is 39.1 Å². The van der Waals surface area contributed by atoms with Crippen LogP contribution in [0.3, 0.4) is 0 Å². The van der Waals surface area contributed by atoms with Crippen molar-refractivity contribution in [3.63, 3.8) is 0 Å².